The quantitative estimate of drug-likeness (QED) is 0.748. The summed E-state index contributed by atoms with van der Waals surface area (Å²) in [4.78, 5) is 23.1. The number of nitrogens with zero attached hydrogens (tertiary/aromatic N) is 3. The Morgan fingerprint density at radius 2 is 1.85 bits per heavy atom. The van der Waals surface area contributed by atoms with E-state index in [0.29, 0.717) is 13.1 Å². The maximum atomic E-state index is 12.4. The number of fused-ring (bicyclic) bond motifs is 1. The Kier molecular flexibility index (Phi) is 4.99. The number of aryl methyl sites for hydroxylation is 2. The maximum absolute atomic E-state index is 12.4. The molecule has 0 N–H and O–H groups in total. The Labute approximate surface area is 155 Å². The Hall–Kier alpha value is -2.43. The predicted molar refractivity (Wildman–Crippen MR) is 104 cm³/mol. The van der Waals surface area contributed by atoms with E-state index in [0.717, 1.165) is 29.4 Å². The second-order valence-electron chi connectivity index (χ2n) is 7.91. The van der Waals surface area contributed by atoms with Gasteiger partial charge in [-0.1, -0.05) is 6.08 Å². The van der Waals surface area contributed by atoms with E-state index in [1.165, 1.54) is 16.7 Å². The molecule has 1 amide bonds. The van der Waals surface area contributed by atoms with Gasteiger partial charge in [-0.3, -0.25) is 0 Å². The average molecular weight is 353 g/mol. The van der Waals surface area contributed by atoms with Gasteiger partial charge in [-0.2, -0.15) is 0 Å². The molecule has 5 nitrogen and oxygen atoms in total. The van der Waals surface area contributed by atoms with Crippen molar-refractivity contribution in [2.45, 2.75) is 53.1 Å². The van der Waals surface area contributed by atoms with Crippen molar-refractivity contribution in [2.75, 3.05) is 13.1 Å². The topological polar surface area (TPSA) is 55.3 Å². The number of hydrogen-bond donors (Lipinski definition) is 0. The molecule has 0 fully saturated rings. The summed E-state index contributed by atoms with van der Waals surface area (Å²) in [5, 5.41) is 1.08. The summed E-state index contributed by atoms with van der Waals surface area (Å²) in [5.74, 6) is 0. The summed E-state index contributed by atoms with van der Waals surface area (Å²) in [7, 11) is 0. The molecule has 0 radical (unpaired) electrons. The molecule has 2 heterocycles. The van der Waals surface area contributed by atoms with Gasteiger partial charge >= 0.3 is 6.09 Å². The van der Waals surface area contributed by atoms with Crippen molar-refractivity contribution in [1.82, 2.24) is 14.9 Å². The lowest BCUT2D eigenvalue weighted by atomic mass is 10.00. The lowest BCUT2D eigenvalue weighted by molar-refractivity contribution is 0.0260. The summed E-state index contributed by atoms with van der Waals surface area (Å²) < 4.78 is 5.51. The highest BCUT2D eigenvalue weighted by Crippen LogP contribution is 2.28. The van der Waals surface area contributed by atoms with Crippen LogP contribution >= 0.6 is 0 Å². The van der Waals surface area contributed by atoms with Gasteiger partial charge in [0.1, 0.15) is 11.9 Å². The number of ether oxygens (including phenoxy) is 1. The molecule has 0 bridgehead atoms. The number of amides is 1. The molecule has 138 valence electrons. The standard InChI is InChI=1S/C21H27N3O2/c1-14-11-17-18(12-15(14)2)22-13-23-19(17)16-7-6-9-24(10-8-16)20(25)26-21(3,4)5/h7,11-13H,6,8-10H2,1-5H3. The van der Waals surface area contributed by atoms with Gasteiger partial charge in [0.2, 0.25) is 0 Å². The normalized spacial score (nSPS) is 15.6. The van der Waals surface area contributed by atoms with Crippen LogP contribution in [0.3, 0.4) is 0 Å². The number of hydrogen-bond acceptors (Lipinski definition) is 4. The molecule has 5 heteroatoms. The van der Waals surface area contributed by atoms with Crippen LogP contribution in [-0.2, 0) is 4.74 Å². The van der Waals surface area contributed by atoms with Gasteiger partial charge in [-0.15, -0.1) is 0 Å². The summed E-state index contributed by atoms with van der Waals surface area (Å²) in [6.07, 6.45) is 5.14. The van der Waals surface area contributed by atoms with Crippen molar-refractivity contribution < 1.29 is 9.53 Å². The summed E-state index contributed by atoms with van der Waals surface area (Å²) in [6.45, 7) is 11.2. The number of rotatable bonds is 1. The first-order valence-electron chi connectivity index (χ1n) is 9.14. The molecule has 26 heavy (non-hydrogen) atoms. The van der Waals surface area contributed by atoms with Crippen molar-refractivity contribution in [3.63, 3.8) is 0 Å². The van der Waals surface area contributed by atoms with Crippen LogP contribution in [0.2, 0.25) is 0 Å². The molecule has 0 atom stereocenters. The van der Waals surface area contributed by atoms with E-state index < -0.39 is 5.60 Å². The summed E-state index contributed by atoms with van der Waals surface area (Å²) in [5.41, 5.74) is 5.10. The third kappa shape index (κ3) is 4.03. The van der Waals surface area contributed by atoms with Crippen molar-refractivity contribution in [3.05, 3.63) is 41.4 Å². The van der Waals surface area contributed by atoms with Crippen LogP contribution in [0.4, 0.5) is 4.79 Å². The molecule has 3 rings (SSSR count). The van der Waals surface area contributed by atoms with E-state index >= 15 is 0 Å². The van der Waals surface area contributed by atoms with Gasteiger partial charge in [-0.05, 0) is 76.3 Å². The van der Waals surface area contributed by atoms with Gasteiger partial charge in [0.25, 0.3) is 0 Å². The van der Waals surface area contributed by atoms with Gasteiger partial charge in [0.05, 0.1) is 11.2 Å². The molecule has 1 aliphatic rings. The van der Waals surface area contributed by atoms with Crippen LogP contribution in [0.5, 0.6) is 0 Å². The van der Waals surface area contributed by atoms with Crippen molar-refractivity contribution in [2.24, 2.45) is 0 Å². The van der Waals surface area contributed by atoms with E-state index in [-0.39, 0.29) is 6.09 Å². The van der Waals surface area contributed by atoms with Crippen LogP contribution in [0, 0.1) is 13.8 Å². The van der Waals surface area contributed by atoms with Crippen LogP contribution in [0.25, 0.3) is 16.5 Å². The highest BCUT2D eigenvalue weighted by atomic mass is 16.6. The average Bonchev–Trinajstić information content (AvgIpc) is 2.80. The highest BCUT2D eigenvalue weighted by molar-refractivity contribution is 5.90. The lowest BCUT2D eigenvalue weighted by Crippen LogP contribution is -2.37. The molecule has 1 aromatic heterocycles. The molecule has 0 spiro atoms. The zero-order chi connectivity index (χ0) is 18.9. The first kappa shape index (κ1) is 18.4. The van der Waals surface area contributed by atoms with Crippen molar-refractivity contribution in [3.8, 4) is 0 Å². The first-order valence-corrected chi connectivity index (χ1v) is 9.14. The fourth-order valence-electron chi connectivity index (χ4n) is 3.16. The van der Waals surface area contributed by atoms with Gasteiger partial charge in [0, 0.05) is 18.5 Å². The SMILES string of the molecule is Cc1cc2ncnc(C3=CCCN(C(=O)OC(C)(C)C)CC3)c2cc1C. The Morgan fingerprint density at radius 1 is 1.12 bits per heavy atom. The monoisotopic (exact) mass is 353 g/mol. The number of carbonyl (C=O) groups excluding carboxylic acids is 1. The van der Waals surface area contributed by atoms with Crippen molar-refractivity contribution >= 4 is 22.6 Å². The smallest absolute Gasteiger partial charge is 0.410 e. The van der Waals surface area contributed by atoms with E-state index in [9.17, 15) is 4.79 Å². The van der Waals surface area contributed by atoms with Gasteiger partial charge in [-0.25, -0.2) is 14.8 Å². The molecule has 2 aromatic rings. The van der Waals surface area contributed by atoms with Crippen LogP contribution in [0.15, 0.2) is 24.5 Å². The highest BCUT2D eigenvalue weighted by Gasteiger charge is 2.23. The van der Waals surface area contributed by atoms with Gasteiger partial charge < -0.3 is 9.64 Å². The molecule has 0 saturated heterocycles. The molecule has 1 aromatic carbocycles. The maximum Gasteiger partial charge on any atom is 0.410 e. The molecule has 0 saturated carbocycles. The summed E-state index contributed by atoms with van der Waals surface area (Å²) >= 11 is 0. The van der Waals surface area contributed by atoms with E-state index in [2.05, 4.69) is 42.0 Å². The minimum atomic E-state index is -0.474. The molecule has 0 unspecified atom stereocenters. The second-order valence-corrected chi connectivity index (χ2v) is 7.91. The minimum absolute atomic E-state index is 0.244. The largest absolute Gasteiger partial charge is 0.444 e. The molecule has 0 aliphatic carbocycles. The van der Waals surface area contributed by atoms with Crippen LogP contribution in [0.1, 0.15) is 50.4 Å². The van der Waals surface area contributed by atoms with Crippen LogP contribution < -0.4 is 0 Å². The first-order chi connectivity index (χ1) is 12.2. The Bertz CT molecular complexity index is 865. The Balaban J connectivity index is 1.84. The van der Waals surface area contributed by atoms with E-state index in [1.807, 2.05) is 20.8 Å². The minimum Gasteiger partial charge on any atom is -0.444 e. The molecular formula is C21H27N3O2. The lowest BCUT2D eigenvalue weighted by Gasteiger charge is -2.26. The number of carbonyl (C=O) groups is 1. The third-order valence-corrected chi connectivity index (χ3v) is 4.65. The predicted octanol–water partition coefficient (Wildman–Crippen LogP) is 4.66. The number of aromatic nitrogens is 2. The fourth-order valence-corrected chi connectivity index (χ4v) is 3.16. The number of benzene rings is 1. The van der Waals surface area contributed by atoms with Crippen LogP contribution in [-0.4, -0.2) is 39.7 Å². The molecule has 1 aliphatic heterocycles. The summed E-state index contributed by atoms with van der Waals surface area (Å²) in [6, 6.07) is 4.28. The zero-order valence-electron chi connectivity index (χ0n) is 16.3. The third-order valence-electron chi connectivity index (χ3n) is 4.65. The fraction of sp³-hybridized carbons (Fsp3) is 0.476. The Morgan fingerprint density at radius 3 is 2.58 bits per heavy atom. The second kappa shape index (κ2) is 7.06. The van der Waals surface area contributed by atoms with E-state index in [1.54, 1.807) is 11.2 Å². The van der Waals surface area contributed by atoms with Crippen molar-refractivity contribution in [1.29, 1.82) is 0 Å². The molecular weight excluding hydrogens is 326 g/mol. The van der Waals surface area contributed by atoms with Gasteiger partial charge in [0.15, 0.2) is 0 Å². The van der Waals surface area contributed by atoms with E-state index in [4.69, 9.17) is 4.74 Å². The zero-order valence-corrected chi connectivity index (χ0v) is 16.3.